The van der Waals surface area contributed by atoms with Crippen molar-refractivity contribution in [1.82, 2.24) is 4.98 Å². The van der Waals surface area contributed by atoms with Crippen LogP contribution in [-0.4, -0.2) is 17.5 Å². The summed E-state index contributed by atoms with van der Waals surface area (Å²) in [4.78, 5) is 25.5. The van der Waals surface area contributed by atoms with Crippen LogP contribution in [0.3, 0.4) is 0 Å². The highest BCUT2D eigenvalue weighted by molar-refractivity contribution is 6.02. The number of carbonyl (C=O) groups is 1. The van der Waals surface area contributed by atoms with E-state index < -0.39 is 5.91 Å². The number of carbonyl (C=O) groups excluding carboxylic acids is 1. The molecule has 1 aromatic carbocycles. The van der Waals surface area contributed by atoms with Crippen molar-refractivity contribution in [2.75, 3.05) is 11.9 Å². The average molecular weight is 269 g/mol. The lowest BCUT2D eigenvalue weighted by Crippen LogP contribution is -2.17. The van der Waals surface area contributed by atoms with Crippen LogP contribution in [0.2, 0.25) is 0 Å². The topological polar surface area (TPSA) is 95.0 Å². The molecule has 2 aromatic rings. The van der Waals surface area contributed by atoms with Crippen molar-refractivity contribution >= 4 is 11.6 Å². The maximum atomic E-state index is 11.9. The second kappa shape index (κ2) is 6.20. The Morgan fingerprint density at radius 3 is 2.85 bits per heavy atom. The number of H-pyrrole nitrogens is 1. The number of aromatic nitrogens is 1. The molecular weight excluding hydrogens is 258 g/mol. The highest BCUT2D eigenvalue weighted by atomic mass is 16.5. The van der Waals surface area contributed by atoms with Gasteiger partial charge >= 0.3 is 0 Å². The fourth-order valence-corrected chi connectivity index (χ4v) is 1.56. The largest absolute Gasteiger partial charge is 0.479 e. The van der Waals surface area contributed by atoms with Crippen LogP contribution in [0.15, 0.2) is 47.3 Å². The van der Waals surface area contributed by atoms with Gasteiger partial charge < -0.3 is 15.0 Å². The van der Waals surface area contributed by atoms with Crippen LogP contribution in [-0.2, 0) is 0 Å². The quantitative estimate of drug-likeness (QED) is 0.879. The zero-order valence-electron chi connectivity index (χ0n) is 10.4. The molecule has 6 nitrogen and oxygen atoms in total. The third-order valence-corrected chi connectivity index (χ3v) is 2.41. The van der Waals surface area contributed by atoms with Crippen LogP contribution < -0.4 is 15.6 Å². The summed E-state index contributed by atoms with van der Waals surface area (Å²) in [6.45, 7) is -0.0661. The second-order valence-corrected chi connectivity index (χ2v) is 3.86. The SMILES string of the molecule is N#CCOc1cccc(NC(=O)c2cccc(=O)[nH]2)c1. The smallest absolute Gasteiger partial charge is 0.272 e. The Hall–Kier alpha value is -3.07. The highest BCUT2D eigenvalue weighted by Crippen LogP contribution is 2.17. The third-order valence-electron chi connectivity index (χ3n) is 2.41. The average Bonchev–Trinajstić information content (AvgIpc) is 2.45. The predicted molar refractivity (Wildman–Crippen MR) is 72.6 cm³/mol. The Morgan fingerprint density at radius 2 is 2.10 bits per heavy atom. The molecule has 2 N–H and O–H groups in total. The van der Waals surface area contributed by atoms with Crippen LogP contribution in [0.1, 0.15) is 10.5 Å². The summed E-state index contributed by atoms with van der Waals surface area (Å²) in [6, 6.07) is 12.8. The van der Waals surface area contributed by atoms with Gasteiger partial charge in [-0.2, -0.15) is 5.26 Å². The minimum absolute atomic E-state index is 0.0661. The molecule has 0 radical (unpaired) electrons. The molecule has 0 aliphatic carbocycles. The molecule has 1 aromatic heterocycles. The Morgan fingerprint density at radius 1 is 1.30 bits per heavy atom. The standard InChI is InChI=1S/C14H11N3O3/c15-7-8-20-11-4-1-3-10(9-11)16-14(19)12-5-2-6-13(18)17-12/h1-6,9H,8H2,(H,16,19)(H,17,18). The van der Waals surface area contributed by atoms with E-state index in [0.29, 0.717) is 11.4 Å². The number of benzene rings is 1. The van der Waals surface area contributed by atoms with Gasteiger partial charge in [0.15, 0.2) is 6.61 Å². The summed E-state index contributed by atoms with van der Waals surface area (Å²) in [6.07, 6.45) is 0. The maximum absolute atomic E-state index is 11.9. The first-order chi connectivity index (χ1) is 9.69. The molecule has 6 heteroatoms. The van der Waals surface area contributed by atoms with Crippen molar-refractivity contribution in [3.05, 3.63) is 58.5 Å². The normalized spacial score (nSPS) is 9.55. The molecule has 20 heavy (non-hydrogen) atoms. The molecule has 0 spiro atoms. The molecule has 0 aliphatic rings. The van der Waals surface area contributed by atoms with Crippen molar-refractivity contribution in [2.24, 2.45) is 0 Å². The summed E-state index contributed by atoms with van der Waals surface area (Å²) in [7, 11) is 0. The molecule has 0 saturated heterocycles. The first-order valence-electron chi connectivity index (χ1n) is 5.79. The zero-order chi connectivity index (χ0) is 14.4. The Balaban J connectivity index is 2.12. The molecule has 1 amide bonds. The maximum Gasteiger partial charge on any atom is 0.272 e. The molecule has 0 atom stereocenters. The van der Waals surface area contributed by atoms with Crippen molar-refractivity contribution < 1.29 is 9.53 Å². The predicted octanol–water partition coefficient (Wildman–Crippen LogP) is 1.53. The Labute approximate surface area is 114 Å². The minimum Gasteiger partial charge on any atom is -0.479 e. The summed E-state index contributed by atoms with van der Waals surface area (Å²) in [5.74, 6) is 0.0473. The lowest BCUT2D eigenvalue weighted by Gasteiger charge is -2.07. The fourth-order valence-electron chi connectivity index (χ4n) is 1.56. The number of anilines is 1. The van der Waals surface area contributed by atoms with E-state index in [1.807, 2.05) is 6.07 Å². The molecule has 0 saturated carbocycles. The summed E-state index contributed by atoms with van der Waals surface area (Å²) >= 11 is 0. The summed E-state index contributed by atoms with van der Waals surface area (Å²) in [5.41, 5.74) is 0.333. The number of nitrogens with zero attached hydrogens (tertiary/aromatic N) is 1. The zero-order valence-corrected chi connectivity index (χ0v) is 10.4. The van der Waals surface area contributed by atoms with Crippen LogP contribution in [0.25, 0.3) is 0 Å². The van der Waals surface area contributed by atoms with Crippen molar-refractivity contribution in [1.29, 1.82) is 5.26 Å². The molecule has 0 fully saturated rings. The molecule has 0 unspecified atom stereocenters. The van der Waals surface area contributed by atoms with Gasteiger partial charge in [-0.3, -0.25) is 9.59 Å². The third kappa shape index (κ3) is 3.46. The number of hydrogen-bond donors (Lipinski definition) is 2. The van der Waals surface area contributed by atoms with E-state index in [1.165, 1.54) is 18.2 Å². The monoisotopic (exact) mass is 269 g/mol. The first kappa shape index (κ1) is 13.4. The van der Waals surface area contributed by atoms with E-state index in [4.69, 9.17) is 10.00 Å². The van der Waals surface area contributed by atoms with Gasteiger partial charge in [0.05, 0.1) is 0 Å². The van der Waals surface area contributed by atoms with E-state index in [2.05, 4.69) is 10.3 Å². The van der Waals surface area contributed by atoms with E-state index in [0.717, 1.165) is 0 Å². The van der Waals surface area contributed by atoms with Crippen LogP contribution in [0.5, 0.6) is 5.75 Å². The lowest BCUT2D eigenvalue weighted by molar-refractivity contribution is 0.102. The Kier molecular flexibility index (Phi) is 4.14. The van der Waals surface area contributed by atoms with E-state index in [1.54, 1.807) is 24.3 Å². The van der Waals surface area contributed by atoms with Crippen molar-refractivity contribution in [3.63, 3.8) is 0 Å². The molecule has 0 aliphatic heterocycles. The molecular formula is C14H11N3O3. The number of rotatable bonds is 4. The van der Waals surface area contributed by atoms with E-state index >= 15 is 0 Å². The van der Waals surface area contributed by atoms with E-state index in [-0.39, 0.29) is 17.9 Å². The number of nitriles is 1. The number of ether oxygens (including phenoxy) is 1. The molecule has 100 valence electrons. The fraction of sp³-hybridized carbons (Fsp3) is 0.0714. The lowest BCUT2D eigenvalue weighted by atomic mass is 10.2. The van der Waals surface area contributed by atoms with Gasteiger partial charge in [0.2, 0.25) is 5.56 Å². The van der Waals surface area contributed by atoms with Gasteiger partial charge in [-0.15, -0.1) is 0 Å². The van der Waals surface area contributed by atoms with Gasteiger partial charge in [-0.05, 0) is 18.2 Å². The molecule has 0 bridgehead atoms. The second-order valence-electron chi connectivity index (χ2n) is 3.86. The number of pyridine rings is 1. The molecule has 2 rings (SSSR count). The van der Waals surface area contributed by atoms with Gasteiger partial charge in [0.25, 0.3) is 5.91 Å². The van der Waals surface area contributed by atoms with Crippen LogP contribution in [0, 0.1) is 11.3 Å². The van der Waals surface area contributed by atoms with Crippen LogP contribution >= 0.6 is 0 Å². The summed E-state index contributed by atoms with van der Waals surface area (Å²) < 4.78 is 5.13. The summed E-state index contributed by atoms with van der Waals surface area (Å²) in [5, 5.41) is 11.1. The number of aromatic amines is 1. The van der Waals surface area contributed by atoms with Crippen LogP contribution in [0.4, 0.5) is 5.69 Å². The Bertz CT molecular complexity index is 716. The van der Waals surface area contributed by atoms with Gasteiger partial charge in [0.1, 0.15) is 17.5 Å². The number of amides is 1. The van der Waals surface area contributed by atoms with E-state index in [9.17, 15) is 9.59 Å². The van der Waals surface area contributed by atoms with Gasteiger partial charge in [0, 0.05) is 17.8 Å². The van der Waals surface area contributed by atoms with Gasteiger partial charge in [-0.25, -0.2) is 0 Å². The van der Waals surface area contributed by atoms with Crippen molar-refractivity contribution in [3.8, 4) is 11.8 Å². The number of nitrogens with one attached hydrogen (secondary N) is 2. The first-order valence-corrected chi connectivity index (χ1v) is 5.79. The highest BCUT2D eigenvalue weighted by Gasteiger charge is 2.07. The molecule has 1 heterocycles. The van der Waals surface area contributed by atoms with Gasteiger partial charge in [-0.1, -0.05) is 12.1 Å². The minimum atomic E-state index is -0.430. The number of hydrogen-bond acceptors (Lipinski definition) is 4. The van der Waals surface area contributed by atoms with Crippen molar-refractivity contribution in [2.45, 2.75) is 0 Å².